The van der Waals surface area contributed by atoms with Crippen molar-refractivity contribution in [2.24, 2.45) is 5.92 Å². The maximum Gasteiger partial charge on any atom is 0.0679 e. The van der Waals surface area contributed by atoms with Crippen molar-refractivity contribution in [2.45, 2.75) is 24.7 Å². The maximum atomic E-state index is 2.38. The van der Waals surface area contributed by atoms with Crippen LogP contribution < -0.4 is 0 Å². The average molecular weight is 475 g/mol. The molecule has 5 aromatic rings. The Hall–Kier alpha value is -4.16. The van der Waals surface area contributed by atoms with Crippen molar-refractivity contribution in [3.63, 3.8) is 0 Å². The van der Waals surface area contributed by atoms with Gasteiger partial charge in [0.1, 0.15) is 0 Å². The van der Waals surface area contributed by atoms with Gasteiger partial charge in [-0.2, -0.15) is 0 Å². The summed E-state index contributed by atoms with van der Waals surface area (Å²) < 4.78 is 0. The third kappa shape index (κ3) is 3.44. The van der Waals surface area contributed by atoms with Gasteiger partial charge in [-0.25, -0.2) is 0 Å². The SMILES string of the molecule is c1ccc(CCC2Cc3ccccc3C3=C2C(c2ccccc2)(c2ccccc2)c2ccccc23)cc1. The summed E-state index contributed by atoms with van der Waals surface area (Å²) in [7, 11) is 0. The minimum absolute atomic E-state index is 0.302. The zero-order chi connectivity index (χ0) is 24.7. The highest BCUT2D eigenvalue weighted by Gasteiger charge is 2.51. The number of benzene rings is 5. The highest BCUT2D eigenvalue weighted by atomic mass is 14.5. The van der Waals surface area contributed by atoms with Gasteiger partial charge in [-0.15, -0.1) is 0 Å². The molecular formula is C37H30. The van der Waals surface area contributed by atoms with Crippen molar-refractivity contribution in [3.05, 3.63) is 184 Å². The Balaban J connectivity index is 1.54. The Morgan fingerprint density at radius 3 is 1.76 bits per heavy atom. The molecule has 37 heavy (non-hydrogen) atoms. The smallest absolute Gasteiger partial charge is 0.0622 e. The van der Waals surface area contributed by atoms with Gasteiger partial charge in [-0.1, -0.05) is 140 Å². The third-order valence-electron chi connectivity index (χ3n) is 8.47. The number of aryl methyl sites for hydroxylation is 1. The zero-order valence-corrected chi connectivity index (χ0v) is 21.0. The molecule has 0 fully saturated rings. The fraction of sp³-hybridized carbons (Fsp3) is 0.135. The number of hydrogen-bond donors (Lipinski definition) is 0. The van der Waals surface area contributed by atoms with Crippen LogP contribution in [0.4, 0.5) is 0 Å². The van der Waals surface area contributed by atoms with E-state index in [4.69, 9.17) is 0 Å². The first-order valence-electron chi connectivity index (χ1n) is 13.4. The maximum absolute atomic E-state index is 2.38. The molecule has 0 spiro atoms. The number of hydrogen-bond acceptors (Lipinski definition) is 0. The zero-order valence-electron chi connectivity index (χ0n) is 21.0. The highest BCUT2D eigenvalue weighted by molar-refractivity contribution is 5.95. The van der Waals surface area contributed by atoms with E-state index in [1.165, 1.54) is 44.5 Å². The van der Waals surface area contributed by atoms with Crippen molar-refractivity contribution in [1.29, 1.82) is 0 Å². The molecule has 0 saturated carbocycles. The number of fused-ring (bicyclic) bond motifs is 4. The van der Waals surface area contributed by atoms with Crippen LogP contribution in [0.25, 0.3) is 5.57 Å². The second kappa shape index (κ2) is 9.05. The van der Waals surface area contributed by atoms with Crippen molar-refractivity contribution in [1.82, 2.24) is 0 Å². The molecule has 7 rings (SSSR count). The third-order valence-corrected chi connectivity index (χ3v) is 8.47. The van der Waals surface area contributed by atoms with Crippen LogP contribution in [0.3, 0.4) is 0 Å². The second-order valence-corrected chi connectivity index (χ2v) is 10.4. The van der Waals surface area contributed by atoms with Crippen LogP contribution in [0.5, 0.6) is 0 Å². The Labute approximate surface area is 220 Å². The van der Waals surface area contributed by atoms with Gasteiger partial charge in [-0.05, 0) is 75.3 Å². The van der Waals surface area contributed by atoms with E-state index in [2.05, 4.69) is 140 Å². The van der Waals surface area contributed by atoms with E-state index < -0.39 is 0 Å². The lowest BCUT2D eigenvalue weighted by Crippen LogP contribution is -2.35. The summed E-state index contributed by atoms with van der Waals surface area (Å²) in [5.74, 6) is 0.443. The molecule has 2 aliphatic rings. The molecular weight excluding hydrogens is 444 g/mol. The lowest BCUT2D eigenvalue weighted by atomic mass is 9.61. The van der Waals surface area contributed by atoms with E-state index in [0.717, 1.165) is 19.3 Å². The summed E-state index contributed by atoms with van der Waals surface area (Å²) in [6, 6.07) is 51.8. The molecule has 178 valence electrons. The molecule has 0 saturated heterocycles. The molecule has 1 atom stereocenters. The first-order chi connectivity index (χ1) is 18.4. The Morgan fingerprint density at radius 1 is 0.541 bits per heavy atom. The van der Waals surface area contributed by atoms with Crippen molar-refractivity contribution in [2.75, 3.05) is 0 Å². The van der Waals surface area contributed by atoms with E-state index in [0.29, 0.717) is 5.92 Å². The molecule has 0 N–H and O–H groups in total. The van der Waals surface area contributed by atoms with Crippen LogP contribution in [0, 0.1) is 5.92 Å². The Bertz CT molecular complexity index is 1540. The van der Waals surface area contributed by atoms with Crippen LogP contribution in [-0.2, 0) is 18.3 Å². The quantitative estimate of drug-likeness (QED) is 0.239. The van der Waals surface area contributed by atoms with Crippen LogP contribution >= 0.6 is 0 Å². The molecule has 0 aliphatic heterocycles. The first-order valence-corrected chi connectivity index (χ1v) is 13.4. The fourth-order valence-corrected chi connectivity index (χ4v) is 7.01. The van der Waals surface area contributed by atoms with Gasteiger partial charge in [0.2, 0.25) is 0 Å². The van der Waals surface area contributed by atoms with E-state index in [-0.39, 0.29) is 5.41 Å². The lowest BCUT2D eigenvalue weighted by molar-refractivity contribution is 0.498. The number of rotatable bonds is 5. The molecule has 0 nitrogen and oxygen atoms in total. The topological polar surface area (TPSA) is 0 Å². The summed E-state index contributed by atoms with van der Waals surface area (Å²) in [5.41, 5.74) is 12.6. The van der Waals surface area contributed by atoms with Crippen LogP contribution in [0.1, 0.15) is 45.4 Å². The fourth-order valence-electron chi connectivity index (χ4n) is 7.01. The molecule has 5 aromatic carbocycles. The molecule has 0 radical (unpaired) electrons. The van der Waals surface area contributed by atoms with E-state index >= 15 is 0 Å². The minimum atomic E-state index is -0.302. The van der Waals surface area contributed by atoms with Gasteiger partial charge in [0.25, 0.3) is 0 Å². The summed E-state index contributed by atoms with van der Waals surface area (Å²) in [6.45, 7) is 0. The second-order valence-electron chi connectivity index (χ2n) is 10.4. The standard InChI is InChI=1S/C37H30/c1-4-14-27(15-5-1)24-25-29-26-28-16-10-11-21-32(28)35-33-22-12-13-23-34(33)37(36(29)35,30-17-6-2-7-18-30)31-19-8-3-9-20-31/h1-23,29H,24-26H2. The molecule has 0 amide bonds. The van der Waals surface area contributed by atoms with Crippen molar-refractivity contribution in [3.8, 4) is 0 Å². The molecule has 0 heteroatoms. The summed E-state index contributed by atoms with van der Waals surface area (Å²) in [5, 5.41) is 0. The van der Waals surface area contributed by atoms with Gasteiger partial charge in [0, 0.05) is 0 Å². The van der Waals surface area contributed by atoms with Gasteiger partial charge in [0.05, 0.1) is 5.41 Å². The molecule has 1 unspecified atom stereocenters. The largest absolute Gasteiger partial charge is 0.0679 e. The Kier molecular flexibility index (Phi) is 5.40. The van der Waals surface area contributed by atoms with Gasteiger partial charge in [-0.3, -0.25) is 0 Å². The van der Waals surface area contributed by atoms with Crippen LogP contribution in [0.2, 0.25) is 0 Å². The first kappa shape index (κ1) is 22.1. The highest BCUT2D eigenvalue weighted by Crippen LogP contribution is 2.60. The average Bonchev–Trinajstić information content (AvgIpc) is 3.30. The molecule has 0 bridgehead atoms. The Morgan fingerprint density at radius 2 is 1.08 bits per heavy atom. The normalized spacial score (nSPS) is 17.1. The predicted molar refractivity (Wildman–Crippen MR) is 154 cm³/mol. The van der Waals surface area contributed by atoms with E-state index in [1.807, 2.05) is 0 Å². The summed E-state index contributed by atoms with van der Waals surface area (Å²) >= 11 is 0. The van der Waals surface area contributed by atoms with E-state index in [9.17, 15) is 0 Å². The number of allylic oxidation sites excluding steroid dienone is 1. The predicted octanol–water partition coefficient (Wildman–Crippen LogP) is 8.64. The van der Waals surface area contributed by atoms with Gasteiger partial charge in [0.15, 0.2) is 0 Å². The molecule has 2 aliphatic carbocycles. The van der Waals surface area contributed by atoms with Crippen molar-refractivity contribution < 1.29 is 0 Å². The molecule has 0 aromatic heterocycles. The summed E-state index contributed by atoms with van der Waals surface area (Å²) in [6.07, 6.45) is 3.30. The van der Waals surface area contributed by atoms with E-state index in [1.54, 1.807) is 5.57 Å². The van der Waals surface area contributed by atoms with Crippen molar-refractivity contribution >= 4 is 5.57 Å². The lowest BCUT2D eigenvalue weighted by Gasteiger charge is -2.41. The van der Waals surface area contributed by atoms with Gasteiger partial charge < -0.3 is 0 Å². The van der Waals surface area contributed by atoms with Crippen LogP contribution in [-0.4, -0.2) is 0 Å². The van der Waals surface area contributed by atoms with Crippen LogP contribution in [0.15, 0.2) is 145 Å². The summed E-state index contributed by atoms with van der Waals surface area (Å²) in [4.78, 5) is 0. The monoisotopic (exact) mass is 474 g/mol. The minimum Gasteiger partial charge on any atom is -0.0622 e. The molecule has 0 heterocycles. The van der Waals surface area contributed by atoms with Gasteiger partial charge >= 0.3 is 0 Å².